The minimum atomic E-state index is -0.643. The maximum atomic E-state index is 11.8. The second-order valence-electron chi connectivity index (χ2n) is 5.14. The van der Waals surface area contributed by atoms with E-state index in [-0.39, 0.29) is 6.61 Å². The van der Waals surface area contributed by atoms with E-state index < -0.39 is 18.5 Å². The zero-order valence-corrected chi connectivity index (χ0v) is 14.6. The number of anilines is 1. The molecule has 0 saturated carbocycles. The number of halogens is 1. The fourth-order valence-electron chi connectivity index (χ4n) is 2.00. The van der Waals surface area contributed by atoms with Gasteiger partial charge in [0.25, 0.3) is 5.91 Å². The van der Waals surface area contributed by atoms with Crippen molar-refractivity contribution in [3.05, 3.63) is 53.1 Å². The summed E-state index contributed by atoms with van der Waals surface area (Å²) in [5.74, 6) is 0.0446. The molecule has 0 aliphatic heterocycles. The van der Waals surface area contributed by atoms with Crippen LogP contribution in [0.5, 0.6) is 11.5 Å². The molecule has 132 valence electrons. The predicted molar refractivity (Wildman–Crippen MR) is 94.3 cm³/mol. The molecule has 2 aromatic rings. The molecule has 6 nitrogen and oxygen atoms in total. The van der Waals surface area contributed by atoms with Crippen LogP contribution in [0.25, 0.3) is 0 Å². The van der Waals surface area contributed by atoms with E-state index in [1.54, 1.807) is 42.5 Å². The van der Waals surface area contributed by atoms with Crippen LogP contribution in [0.3, 0.4) is 0 Å². The van der Waals surface area contributed by atoms with E-state index in [0.29, 0.717) is 22.2 Å². The number of rotatable bonds is 7. The fourth-order valence-corrected chi connectivity index (χ4v) is 2.22. The van der Waals surface area contributed by atoms with E-state index in [9.17, 15) is 9.59 Å². The predicted octanol–water partition coefficient (Wildman–Crippen LogP) is 3.22. The molecule has 0 radical (unpaired) electrons. The highest BCUT2D eigenvalue weighted by Crippen LogP contribution is 2.21. The first-order chi connectivity index (χ1) is 12.0. The van der Waals surface area contributed by atoms with Gasteiger partial charge in [-0.3, -0.25) is 4.79 Å². The van der Waals surface area contributed by atoms with Crippen LogP contribution in [0.15, 0.2) is 42.5 Å². The van der Waals surface area contributed by atoms with Crippen LogP contribution in [0.2, 0.25) is 5.02 Å². The Morgan fingerprint density at radius 2 is 1.92 bits per heavy atom. The zero-order valence-electron chi connectivity index (χ0n) is 13.9. The molecule has 0 atom stereocenters. The van der Waals surface area contributed by atoms with Gasteiger partial charge in [0.15, 0.2) is 13.2 Å². The second-order valence-corrected chi connectivity index (χ2v) is 5.58. The van der Waals surface area contributed by atoms with Crippen LogP contribution < -0.4 is 14.8 Å². The topological polar surface area (TPSA) is 73.9 Å². The molecule has 0 heterocycles. The molecule has 2 rings (SSSR count). The third-order valence-corrected chi connectivity index (χ3v) is 3.44. The van der Waals surface area contributed by atoms with Crippen molar-refractivity contribution in [1.82, 2.24) is 0 Å². The molecule has 0 saturated heterocycles. The smallest absolute Gasteiger partial charge is 0.344 e. The van der Waals surface area contributed by atoms with Gasteiger partial charge >= 0.3 is 5.97 Å². The summed E-state index contributed by atoms with van der Waals surface area (Å²) >= 11 is 5.85. The second kappa shape index (κ2) is 8.94. The molecule has 0 spiro atoms. The Morgan fingerprint density at radius 1 is 1.12 bits per heavy atom. The molecule has 2 aromatic carbocycles. The van der Waals surface area contributed by atoms with Gasteiger partial charge in [-0.1, -0.05) is 17.7 Å². The molecule has 25 heavy (non-hydrogen) atoms. The summed E-state index contributed by atoms with van der Waals surface area (Å²) in [6, 6.07) is 11.9. The lowest BCUT2D eigenvalue weighted by molar-refractivity contribution is -0.149. The van der Waals surface area contributed by atoms with Crippen molar-refractivity contribution in [2.75, 3.05) is 25.6 Å². The van der Waals surface area contributed by atoms with Gasteiger partial charge < -0.3 is 19.5 Å². The monoisotopic (exact) mass is 363 g/mol. The van der Waals surface area contributed by atoms with Crippen molar-refractivity contribution in [1.29, 1.82) is 0 Å². The maximum absolute atomic E-state index is 11.8. The fraction of sp³-hybridized carbons (Fsp3) is 0.222. The number of hydrogen-bond donors (Lipinski definition) is 1. The molecule has 0 bridgehead atoms. The van der Waals surface area contributed by atoms with Crippen LogP contribution in [0.4, 0.5) is 5.69 Å². The molecular formula is C18H18ClNO5. The summed E-state index contributed by atoms with van der Waals surface area (Å²) < 4.78 is 15.3. The normalized spacial score (nSPS) is 10.0. The van der Waals surface area contributed by atoms with Crippen LogP contribution in [-0.4, -0.2) is 32.2 Å². The Labute approximate surface area is 150 Å². The Hall–Kier alpha value is -2.73. The van der Waals surface area contributed by atoms with E-state index in [4.69, 9.17) is 25.8 Å². The molecule has 7 heteroatoms. The molecule has 0 aliphatic carbocycles. The number of aryl methyl sites for hydroxylation is 1. The highest BCUT2D eigenvalue weighted by molar-refractivity contribution is 6.30. The maximum Gasteiger partial charge on any atom is 0.344 e. The zero-order chi connectivity index (χ0) is 18.2. The highest BCUT2D eigenvalue weighted by Gasteiger charge is 2.10. The van der Waals surface area contributed by atoms with Gasteiger partial charge in [-0.25, -0.2) is 4.79 Å². The molecule has 0 fully saturated rings. The number of amides is 1. The highest BCUT2D eigenvalue weighted by atomic mass is 35.5. The Kier molecular flexibility index (Phi) is 6.65. The van der Waals surface area contributed by atoms with Gasteiger partial charge in [-0.2, -0.15) is 0 Å². The van der Waals surface area contributed by atoms with Crippen LogP contribution >= 0.6 is 11.6 Å². The van der Waals surface area contributed by atoms with Crippen molar-refractivity contribution in [3.8, 4) is 11.5 Å². The first-order valence-electron chi connectivity index (χ1n) is 7.46. The van der Waals surface area contributed by atoms with Gasteiger partial charge in [-0.05, 0) is 42.8 Å². The van der Waals surface area contributed by atoms with Crippen LogP contribution in [0, 0.1) is 6.92 Å². The lowest BCUT2D eigenvalue weighted by Crippen LogP contribution is -2.23. The van der Waals surface area contributed by atoms with Gasteiger partial charge in [-0.15, -0.1) is 0 Å². The quantitative estimate of drug-likeness (QED) is 0.764. The van der Waals surface area contributed by atoms with Crippen molar-refractivity contribution < 1.29 is 23.8 Å². The van der Waals surface area contributed by atoms with E-state index in [2.05, 4.69) is 5.32 Å². The van der Waals surface area contributed by atoms with E-state index in [1.165, 1.54) is 7.11 Å². The van der Waals surface area contributed by atoms with E-state index in [1.807, 2.05) is 6.92 Å². The molecular weight excluding hydrogens is 346 g/mol. The van der Waals surface area contributed by atoms with E-state index >= 15 is 0 Å². The number of methoxy groups -OCH3 is 1. The SMILES string of the molecule is COc1cccc(NC(=O)COC(=O)COc2ccc(Cl)cc2C)c1. The molecule has 1 N–H and O–H groups in total. The third-order valence-electron chi connectivity index (χ3n) is 3.20. The number of benzene rings is 2. The standard InChI is InChI=1S/C18H18ClNO5/c1-12-8-13(19)6-7-16(12)24-11-18(22)25-10-17(21)20-14-4-3-5-15(9-14)23-2/h3-9H,10-11H2,1-2H3,(H,20,21). The van der Waals surface area contributed by atoms with E-state index in [0.717, 1.165) is 5.56 Å². The summed E-state index contributed by atoms with van der Waals surface area (Å²) in [4.78, 5) is 23.5. The Bertz CT molecular complexity index is 763. The number of carbonyl (C=O) groups excluding carboxylic acids is 2. The van der Waals surface area contributed by atoms with Crippen LogP contribution in [0.1, 0.15) is 5.56 Å². The van der Waals surface area contributed by atoms with Crippen molar-refractivity contribution in [2.24, 2.45) is 0 Å². The average Bonchev–Trinajstić information content (AvgIpc) is 2.59. The number of carbonyl (C=O) groups is 2. The minimum Gasteiger partial charge on any atom is -0.497 e. The number of esters is 1. The third kappa shape index (κ3) is 6.00. The first kappa shape index (κ1) is 18.6. The van der Waals surface area contributed by atoms with Gasteiger partial charge in [0.1, 0.15) is 11.5 Å². The number of ether oxygens (including phenoxy) is 3. The number of nitrogens with one attached hydrogen (secondary N) is 1. The lowest BCUT2D eigenvalue weighted by atomic mass is 10.2. The van der Waals surface area contributed by atoms with Crippen molar-refractivity contribution in [3.63, 3.8) is 0 Å². The summed E-state index contributed by atoms with van der Waals surface area (Å²) in [6.45, 7) is 1.11. The van der Waals surface area contributed by atoms with Crippen molar-refractivity contribution >= 4 is 29.2 Å². The summed E-state index contributed by atoms with van der Waals surface area (Å²) in [6.07, 6.45) is 0. The molecule has 0 unspecified atom stereocenters. The minimum absolute atomic E-state index is 0.297. The largest absolute Gasteiger partial charge is 0.497 e. The van der Waals surface area contributed by atoms with Gasteiger partial charge in [0.05, 0.1) is 7.11 Å². The van der Waals surface area contributed by atoms with Gasteiger partial charge in [0, 0.05) is 16.8 Å². The number of hydrogen-bond acceptors (Lipinski definition) is 5. The summed E-state index contributed by atoms with van der Waals surface area (Å²) in [7, 11) is 1.53. The molecule has 1 amide bonds. The first-order valence-corrected chi connectivity index (χ1v) is 7.84. The molecule has 0 aromatic heterocycles. The lowest BCUT2D eigenvalue weighted by Gasteiger charge is -2.10. The summed E-state index contributed by atoms with van der Waals surface area (Å²) in [5, 5.41) is 3.19. The van der Waals surface area contributed by atoms with Gasteiger partial charge in [0.2, 0.25) is 0 Å². The average molecular weight is 364 g/mol. The Morgan fingerprint density at radius 3 is 2.64 bits per heavy atom. The van der Waals surface area contributed by atoms with Crippen molar-refractivity contribution in [2.45, 2.75) is 6.92 Å². The summed E-state index contributed by atoms with van der Waals surface area (Å²) in [5.41, 5.74) is 1.35. The van der Waals surface area contributed by atoms with Crippen LogP contribution in [-0.2, 0) is 14.3 Å². The Balaban J connectivity index is 1.76. The molecule has 0 aliphatic rings.